The first-order valence-corrected chi connectivity index (χ1v) is 8.01. The smallest absolute Gasteiger partial charge is 0.238 e. The van der Waals surface area contributed by atoms with Gasteiger partial charge in [-0.2, -0.15) is 0 Å². The molecule has 112 valence electrons. The predicted octanol–water partition coefficient (Wildman–Crippen LogP) is 1.86. The molecule has 0 fully saturated rings. The second kappa shape index (κ2) is 8.73. The summed E-state index contributed by atoms with van der Waals surface area (Å²) in [5.74, 6) is -0.0735. The molecule has 0 unspecified atom stereocenters. The van der Waals surface area contributed by atoms with Crippen LogP contribution in [0.5, 0.6) is 0 Å². The topological polar surface area (TPSA) is 76.1 Å². The van der Waals surface area contributed by atoms with Crippen molar-refractivity contribution < 1.29 is 9.53 Å². The first-order chi connectivity index (χ1) is 10.3. The third kappa shape index (κ3) is 5.80. The molecule has 2 N–H and O–H groups in total. The Morgan fingerprint density at radius 3 is 2.86 bits per heavy atom. The van der Waals surface area contributed by atoms with Gasteiger partial charge in [0.25, 0.3) is 0 Å². The van der Waals surface area contributed by atoms with E-state index < -0.39 is 0 Å². The molecule has 1 aromatic heterocycles. The summed E-state index contributed by atoms with van der Waals surface area (Å²) in [5, 5.41) is 13.6. The molecule has 0 bridgehead atoms. The van der Waals surface area contributed by atoms with E-state index in [2.05, 4.69) is 20.8 Å². The number of hydrogen-bond acceptors (Lipinski definition) is 7. The van der Waals surface area contributed by atoms with E-state index in [1.807, 2.05) is 24.3 Å². The summed E-state index contributed by atoms with van der Waals surface area (Å²) >= 11 is 3.05. The lowest BCUT2D eigenvalue weighted by molar-refractivity contribution is -0.115. The van der Waals surface area contributed by atoms with E-state index in [9.17, 15) is 4.79 Å². The summed E-state index contributed by atoms with van der Waals surface area (Å²) in [5.41, 5.74) is 2.48. The number of nitrogens with one attached hydrogen (secondary N) is 2. The number of ether oxygens (including phenoxy) is 1. The van der Waals surface area contributed by atoms with Crippen molar-refractivity contribution in [1.29, 1.82) is 0 Å². The minimum atomic E-state index is -0.0735. The van der Waals surface area contributed by atoms with E-state index in [4.69, 9.17) is 4.74 Å². The maximum atomic E-state index is 11.7. The lowest BCUT2D eigenvalue weighted by atomic mass is 10.3. The summed E-state index contributed by atoms with van der Waals surface area (Å²) in [4.78, 5) is 12.7. The molecule has 0 aliphatic carbocycles. The molecule has 0 aliphatic heterocycles. The van der Waals surface area contributed by atoms with Gasteiger partial charge in [-0.15, -0.1) is 10.2 Å². The van der Waals surface area contributed by atoms with Crippen LogP contribution in [0.15, 0.2) is 39.0 Å². The lowest BCUT2D eigenvalue weighted by Gasteiger charge is -2.07. The molecular formula is C13H16N4O2S2. The molecule has 0 aliphatic rings. The summed E-state index contributed by atoms with van der Waals surface area (Å²) in [6, 6.07) is 7.63. The van der Waals surface area contributed by atoms with Gasteiger partial charge in [0.2, 0.25) is 5.91 Å². The fraction of sp³-hybridized carbons (Fsp3) is 0.308. The number of nitrogens with zero attached hydrogens (tertiary/aromatic N) is 2. The highest BCUT2D eigenvalue weighted by Crippen LogP contribution is 2.29. The highest BCUT2D eigenvalue weighted by molar-refractivity contribution is 8.01. The zero-order valence-corrected chi connectivity index (χ0v) is 13.2. The average Bonchev–Trinajstić information content (AvgIpc) is 2.99. The maximum Gasteiger partial charge on any atom is 0.238 e. The second-order valence-electron chi connectivity index (χ2n) is 4.05. The summed E-state index contributed by atoms with van der Waals surface area (Å²) < 4.78 is 5.79. The van der Waals surface area contributed by atoms with Gasteiger partial charge in [-0.1, -0.05) is 23.1 Å². The SMILES string of the molecule is COCCNCC(=O)Nc1ccc(Sc2nncs2)cc1. The molecule has 8 heteroatoms. The molecule has 1 heterocycles. The Bertz CT molecular complexity index is 546. The van der Waals surface area contributed by atoms with Crippen LogP contribution in [0, 0.1) is 0 Å². The van der Waals surface area contributed by atoms with Gasteiger partial charge in [0.15, 0.2) is 4.34 Å². The summed E-state index contributed by atoms with van der Waals surface area (Å²) in [6.45, 7) is 1.51. The third-order valence-electron chi connectivity index (χ3n) is 2.45. The van der Waals surface area contributed by atoms with E-state index in [-0.39, 0.29) is 12.5 Å². The molecule has 2 rings (SSSR count). The quantitative estimate of drug-likeness (QED) is 0.722. The Morgan fingerprint density at radius 1 is 1.38 bits per heavy atom. The van der Waals surface area contributed by atoms with Gasteiger partial charge in [-0.3, -0.25) is 4.79 Å². The number of carbonyl (C=O) groups excluding carboxylic acids is 1. The normalized spacial score (nSPS) is 10.5. The molecule has 0 radical (unpaired) electrons. The van der Waals surface area contributed by atoms with Crippen molar-refractivity contribution in [2.45, 2.75) is 9.24 Å². The minimum absolute atomic E-state index is 0.0735. The van der Waals surface area contributed by atoms with Gasteiger partial charge in [0, 0.05) is 24.2 Å². The van der Waals surface area contributed by atoms with Crippen LogP contribution in [0.25, 0.3) is 0 Å². The van der Waals surface area contributed by atoms with Crippen molar-refractivity contribution in [2.24, 2.45) is 0 Å². The Kier molecular flexibility index (Phi) is 6.61. The molecule has 6 nitrogen and oxygen atoms in total. The van der Waals surface area contributed by atoms with Gasteiger partial charge in [-0.25, -0.2) is 0 Å². The fourth-order valence-corrected chi connectivity index (χ4v) is 2.95. The average molecular weight is 324 g/mol. The molecule has 1 aromatic carbocycles. The van der Waals surface area contributed by atoms with Crippen molar-refractivity contribution in [3.63, 3.8) is 0 Å². The second-order valence-corrected chi connectivity index (χ2v) is 6.20. The molecule has 21 heavy (non-hydrogen) atoms. The van der Waals surface area contributed by atoms with E-state index in [0.717, 1.165) is 14.9 Å². The third-order valence-corrected chi connectivity index (χ3v) is 4.24. The number of rotatable bonds is 8. The van der Waals surface area contributed by atoms with Crippen LogP contribution in [0.3, 0.4) is 0 Å². The molecule has 0 spiro atoms. The molecule has 0 saturated heterocycles. The monoisotopic (exact) mass is 324 g/mol. The van der Waals surface area contributed by atoms with Crippen molar-refractivity contribution in [3.05, 3.63) is 29.8 Å². The van der Waals surface area contributed by atoms with Gasteiger partial charge in [-0.05, 0) is 24.3 Å². The number of carbonyl (C=O) groups is 1. The highest BCUT2D eigenvalue weighted by Gasteiger charge is 2.03. The highest BCUT2D eigenvalue weighted by atomic mass is 32.2. The van der Waals surface area contributed by atoms with Crippen LogP contribution >= 0.6 is 23.1 Å². The number of hydrogen-bond donors (Lipinski definition) is 2. The lowest BCUT2D eigenvalue weighted by Crippen LogP contribution is -2.30. The van der Waals surface area contributed by atoms with Crippen LogP contribution in [-0.4, -0.2) is 42.9 Å². The zero-order valence-electron chi connectivity index (χ0n) is 11.5. The largest absolute Gasteiger partial charge is 0.383 e. The van der Waals surface area contributed by atoms with Crippen LogP contribution in [0.1, 0.15) is 0 Å². The Labute approximate surface area is 131 Å². The maximum absolute atomic E-state index is 11.7. The van der Waals surface area contributed by atoms with E-state index >= 15 is 0 Å². The number of benzene rings is 1. The fourth-order valence-electron chi connectivity index (χ4n) is 1.50. The molecule has 2 aromatic rings. The van der Waals surface area contributed by atoms with Gasteiger partial charge >= 0.3 is 0 Å². The van der Waals surface area contributed by atoms with Crippen molar-refractivity contribution in [2.75, 3.05) is 32.1 Å². The number of aromatic nitrogens is 2. The number of anilines is 1. The predicted molar refractivity (Wildman–Crippen MR) is 83.8 cm³/mol. The summed E-state index contributed by atoms with van der Waals surface area (Å²) in [7, 11) is 1.63. The van der Waals surface area contributed by atoms with Crippen molar-refractivity contribution >= 4 is 34.7 Å². The number of amides is 1. The van der Waals surface area contributed by atoms with E-state index in [1.54, 1.807) is 24.4 Å². The number of methoxy groups -OCH3 is 1. The Morgan fingerprint density at radius 2 is 2.19 bits per heavy atom. The van der Waals surface area contributed by atoms with Crippen molar-refractivity contribution in [3.8, 4) is 0 Å². The van der Waals surface area contributed by atoms with Crippen LogP contribution in [0.4, 0.5) is 5.69 Å². The minimum Gasteiger partial charge on any atom is -0.383 e. The van der Waals surface area contributed by atoms with Crippen LogP contribution < -0.4 is 10.6 Å². The van der Waals surface area contributed by atoms with Gasteiger partial charge < -0.3 is 15.4 Å². The van der Waals surface area contributed by atoms with Gasteiger partial charge in [0.1, 0.15) is 5.51 Å². The zero-order chi connectivity index (χ0) is 14.9. The molecule has 0 saturated carbocycles. The van der Waals surface area contributed by atoms with E-state index in [1.165, 1.54) is 11.3 Å². The van der Waals surface area contributed by atoms with E-state index in [0.29, 0.717) is 13.2 Å². The van der Waals surface area contributed by atoms with Crippen molar-refractivity contribution in [1.82, 2.24) is 15.5 Å². The van der Waals surface area contributed by atoms with Crippen LogP contribution in [0.2, 0.25) is 0 Å². The first-order valence-electron chi connectivity index (χ1n) is 6.31. The first kappa shape index (κ1) is 15.9. The molecule has 1 amide bonds. The Hall–Kier alpha value is -1.48. The van der Waals surface area contributed by atoms with Crippen LogP contribution in [-0.2, 0) is 9.53 Å². The summed E-state index contributed by atoms with van der Waals surface area (Å²) in [6.07, 6.45) is 0. The Balaban J connectivity index is 1.78. The molecule has 0 atom stereocenters. The standard InChI is InChI=1S/C13H16N4O2S2/c1-19-7-6-14-8-12(18)16-10-2-4-11(5-3-10)21-13-17-15-9-20-13/h2-5,9,14H,6-8H2,1H3,(H,16,18). The van der Waals surface area contributed by atoms with Gasteiger partial charge in [0.05, 0.1) is 13.2 Å². The molecular weight excluding hydrogens is 308 g/mol.